The van der Waals surface area contributed by atoms with Crippen molar-refractivity contribution < 1.29 is 14.4 Å². The number of hydrogen-bond donors (Lipinski definition) is 2. The Hall–Kier alpha value is -2.88. The van der Waals surface area contributed by atoms with Gasteiger partial charge >= 0.3 is 0 Å². The molecule has 160 valence electrons. The van der Waals surface area contributed by atoms with Crippen LogP contribution in [0.25, 0.3) is 0 Å². The maximum Gasteiger partial charge on any atom is 0.226 e. The molecule has 2 fully saturated rings. The van der Waals surface area contributed by atoms with Crippen LogP contribution in [0.2, 0.25) is 0 Å². The average Bonchev–Trinajstić information content (AvgIpc) is 3.10. The zero-order valence-corrected chi connectivity index (χ0v) is 18.0. The molecule has 2 N–H and O–H groups in total. The van der Waals surface area contributed by atoms with Crippen LogP contribution in [0.5, 0.6) is 0 Å². The third kappa shape index (κ3) is 5.38. The summed E-state index contributed by atoms with van der Waals surface area (Å²) in [6, 6.07) is 3.62. The summed E-state index contributed by atoms with van der Waals surface area (Å²) in [6.45, 7) is 5.85. The Kier molecular flexibility index (Phi) is 6.76. The lowest BCUT2D eigenvalue weighted by Crippen LogP contribution is -2.51. The van der Waals surface area contributed by atoms with Crippen LogP contribution in [-0.2, 0) is 14.4 Å². The lowest BCUT2D eigenvalue weighted by molar-refractivity contribution is -0.130. The van der Waals surface area contributed by atoms with E-state index in [0.29, 0.717) is 12.4 Å². The van der Waals surface area contributed by atoms with Gasteiger partial charge in [0.1, 0.15) is 11.4 Å². The van der Waals surface area contributed by atoms with Gasteiger partial charge < -0.3 is 15.5 Å². The number of carbonyl (C=O) groups is 3. The minimum absolute atomic E-state index is 0.0410. The second-order valence-electron chi connectivity index (χ2n) is 8.54. The van der Waals surface area contributed by atoms with Crippen LogP contribution in [0.1, 0.15) is 64.9 Å². The van der Waals surface area contributed by atoms with Crippen molar-refractivity contribution in [3.05, 3.63) is 23.9 Å². The highest BCUT2D eigenvalue weighted by molar-refractivity contribution is 5.90. The van der Waals surface area contributed by atoms with Crippen LogP contribution in [-0.4, -0.2) is 45.7 Å². The molecule has 7 nitrogen and oxygen atoms in total. The highest BCUT2D eigenvalue weighted by Crippen LogP contribution is 2.29. The predicted molar refractivity (Wildman–Crippen MR) is 114 cm³/mol. The van der Waals surface area contributed by atoms with E-state index in [2.05, 4.69) is 27.5 Å². The molecular formula is C23H30N4O3. The zero-order chi connectivity index (χ0) is 21.7. The number of pyridine rings is 1. The van der Waals surface area contributed by atoms with E-state index in [-0.39, 0.29) is 36.1 Å². The SMILES string of the molecule is CC(=O)Nc1ccc(C#CC2(NC(=O)C3CC(=O)N(C(C)C)C3)CCCCC2)cn1. The molecule has 0 spiro atoms. The number of nitrogens with zero attached hydrogens (tertiary/aromatic N) is 2. The average molecular weight is 411 g/mol. The van der Waals surface area contributed by atoms with Crippen molar-refractivity contribution in [2.75, 3.05) is 11.9 Å². The molecule has 1 saturated heterocycles. The van der Waals surface area contributed by atoms with Crippen molar-refractivity contribution in [3.63, 3.8) is 0 Å². The van der Waals surface area contributed by atoms with Crippen LogP contribution in [0.3, 0.4) is 0 Å². The molecule has 0 bridgehead atoms. The molecule has 1 aliphatic carbocycles. The highest BCUT2D eigenvalue weighted by Gasteiger charge is 2.39. The van der Waals surface area contributed by atoms with E-state index in [1.807, 2.05) is 13.8 Å². The van der Waals surface area contributed by atoms with Crippen molar-refractivity contribution in [2.45, 2.75) is 70.9 Å². The third-order valence-electron chi connectivity index (χ3n) is 5.74. The smallest absolute Gasteiger partial charge is 0.226 e. The standard InChI is InChI=1S/C23H30N4O3/c1-16(2)27-15-19(13-21(27)29)22(30)26-23(10-5-4-6-11-23)12-9-18-7-8-20(24-14-18)25-17(3)28/h7-8,14,16,19H,4-6,10-11,13,15H2,1-3H3,(H,26,30)(H,24,25,28). The minimum atomic E-state index is -0.570. The van der Waals surface area contributed by atoms with Gasteiger partial charge in [-0.1, -0.05) is 31.1 Å². The monoisotopic (exact) mass is 410 g/mol. The fourth-order valence-electron chi connectivity index (χ4n) is 4.09. The summed E-state index contributed by atoms with van der Waals surface area (Å²) in [5.41, 5.74) is 0.158. The normalized spacial score (nSPS) is 20.5. The fraction of sp³-hybridized carbons (Fsp3) is 0.565. The maximum absolute atomic E-state index is 13.0. The molecule has 1 aromatic rings. The van der Waals surface area contributed by atoms with Gasteiger partial charge in [-0.25, -0.2) is 4.98 Å². The van der Waals surface area contributed by atoms with Crippen LogP contribution < -0.4 is 10.6 Å². The third-order valence-corrected chi connectivity index (χ3v) is 5.74. The Morgan fingerprint density at radius 2 is 1.97 bits per heavy atom. The topological polar surface area (TPSA) is 91.4 Å². The molecule has 3 amide bonds. The summed E-state index contributed by atoms with van der Waals surface area (Å²) in [4.78, 5) is 42.3. The Morgan fingerprint density at radius 1 is 1.23 bits per heavy atom. The summed E-state index contributed by atoms with van der Waals surface area (Å²) in [5.74, 6) is 6.40. The van der Waals surface area contributed by atoms with Gasteiger partial charge in [-0.3, -0.25) is 14.4 Å². The first-order valence-electron chi connectivity index (χ1n) is 10.7. The number of rotatable bonds is 4. The van der Waals surface area contributed by atoms with Crippen LogP contribution in [0.4, 0.5) is 5.82 Å². The Bertz CT molecular complexity index is 861. The van der Waals surface area contributed by atoms with Gasteiger partial charge in [0.2, 0.25) is 17.7 Å². The van der Waals surface area contributed by atoms with Crippen molar-refractivity contribution in [1.82, 2.24) is 15.2 Å². The van der Waals surface area contributed by atoms with Gasteiger partial charge in [-0.2, -0.15) is 0 Å². The summed E-state index contributed by atoms with van der Waals surface area (Å²) in [5, 5.41) is 5.82. The number of nitrogens with one attached hydrogen (secondary N) is 2. The second-order valence-corrected chi connectivity index (χ2v) is 8.54. The van der Waals surface area contributed by atoms with Crippen molar-refractivity contribution >= 4 is 23.5 Å². The molecule has 0 aromatic carbocycles. The fourth-order valence-corrected chi connectivity index (χ4v) is 4.09. The predicted octanol–water partition coefficient (Wildman–Crippen LogP) is 2.47. The first-order valence-corrected chi connectivity index (χ1v) is 10.7. The molecule has 2 heterocycles. The number of amides is 3. The van der Waals surface area contributed by atoms with Gasteiger partial charge in [-0.15, -0.1) is 0 Å². The summed E-state index contributed by atoms with van der Waals surface area (Å²) >= 11 is 0. The lowest BCUT2D eigenvalue weighted by atomic mass is 9.81. The first-order chi connectivity index (χ1) is 14.3. The van der Waals surface area contributed by atoms with E-state index >= 15 is 0 Å². The van der Waals surface area contributed by atoms with Crippen LogP contribution in [0, 0.1) is 17.8 Å². The molecular weight excluding hydrogens is 380 g/mol. The Morgan fingerprint density at radius 3 is 2.53 bits per heavy atom. The van der Waals surface area contributed by atoms with E-state index in [1.165, 1.54) is 6.92 Å². The van der Waals surface area contributed by atoms with Gasteiger partial charge in [-0.05, 0) is 38.8 Å². The first kappa shape index (κ1) is 21.8. The van der Waals surface area contributed by atoms with Crippen LogP contribution >= 0.6 is 0 Å². The second kappa shape index (κ2) is 9.29. The lowest BCUT2D eigenvalue weighted by Gasteiger charge is -2.34. The quantitative estimate of drug-likeness (QED) is 0.746. The van der Waals surface area contributed by atoms with E-state index < -0.39 is 5.54 Å². The minimum Gasteiger partial charge on any atom is -0.339 e. The van der Waals surface area contributed by atoms with E-state index in [0.717, 1.165) is 37.7 Å². The molecule has 1 unspecified atom stereocenters. The summed E-state index contributed by atoms with van der Waals surface area (Å²) in [7, 11) is 0. The van der Waals surface area contributed by atoms with Crippen molar-refractivity contribution in [2.24, 2.45) is 5.92 Å². The molecule has 1 atom stereocenters. The molecule has 1 saturated carbocycles. The largest absolute Gasteiger partial charge is 0.339 e. The van der Waals surface area contributed by atoms with Crippen molar-refractivity contribution in [3.8, 4) is 11.8 Å². The van der Waals surface area contributed by atoms with Crippen LogP contribution in [0.15, 0.2) is 18.3 Å². The zero-order valence-electron chi connectivity index (χ0n) is 18.0. The highest BCUT2D eigenvalue weighted by atomic mass is 16.2. The van der Waals surface area contributed by atoms with Gasteiger partial charge in [0.25, 0.3) is 0 Å². The van der Waals surface area contributed by atoms with E-state index in [4.69, 9.17) is 0 Å². The number of likely N-dealkylation sites (tertiary alicyclic amines) is 1. The summed E-state index contributed by atoms with van der Waals surface area (Å²) in [6.07, 6.45) is 6.65. The summed E-state index contributed by atoms with van der Waals surface area (Å²) < 4.78 is 0. The van der Waals surface area contributed by atoms with Gasteiger partial charge in [0.05, 0.1) is 5.92 Å². The number of carbonyl (C=O) groups excluding carboxylic acids is 3. The number of anilines is 1. The molecule has 1 aromatic heterocycles. The molecule has 1 aliphatic heterocycles. The molecule has 0 radical (unpaired) electrons. The maximum atomic E-state index is 13.0. The molecule has 30 heavy (non-hydrogen) atoms. The Balaban J connectivity index is 1.72. The van der Waals surface area contributed by atoms with Gasteiger partial charge in [0, 0.05) is 37.7 Å². The Labute approximate surface area is 178 Å². The molecule has 7 heteroatoms. The van der Waals surface area contributed by atoms with Crippen molar-refractivity contribution in [1.29, 1.82) is 0 Å². The molecule has 3 rings (SSSR count). The van der Waals surface area contributed by atoms with Gasteiger partial charge in [0.15, 0.2) is 0 Å². The van der Waals surface area contributed by atoms with E-state index in [1.54, 1.807) is 23.2 Å². The number of hydrogen-bond acceptors (Lipinski definition) is 4. The molecule has 2 aliphatic rings. The number of aromatic nitrogens is 1. The van der Waals surface area contributed by atoms with E-state index in [9.17, 15) is 14.4 Å².